The Bertz CT molecular complexity index is 504. The zero-order valence-electron chi connectivity index (χ0n) is 22.7. The lowest BCUT2D eigenvalue weighted by Gasteiger charge is -2.29. The van der Waals surface area contributed by atoms with Gasteiger partial charge in [-0.1, -0.05) is 123 Å². The van der Waals surface area contributed by atoms with Crippen LogP contribution in [0, 0.1) is 11.8 Å². The molecule has 1 fully saturated rings. The minimum atomic E-state index is -0.833. The number of hydrogen-bond acceptors (Lipinski definition) is 3. The first-order chi connectivity index (χ1) is 16.6. The molecule has 1 aliphatic rings. The Labute approximate surface area is 211 Å². The molecule has 200 valence electrons. The third kappa shape index (κ3) is 15.0. The van der Waals surface area contributed by atoms with Crippen LogP contribution in [0.5, 0.6) is 0 Å². The molecule has 1 saturated carbocycles. The standard InChI is InChI=1S/C30H56O4/c1-3-5-7-9-11-12-13-15-17-19-23-26(22-18-16-14-10-8-6-4-2)34-30(33)28-25-21-20-24-27(28)29(31)32/h26-28H,3-25H2,1-2H3,(H,31,32). The maximum Gasteiger partial charge on any atom is 0.310 e. The third-order valence-electron chi connectivity index (χ3n) is 7.68. The summed E-state index contributed by atoms with van der Waals surface area (Å²) in [4.78, 5) is 24.6. The van der Waals surface area contributed by atoms with Gasteiger partial charge in [0, 0.05) is 0 Å². The highest BCUT2D eigenvalue weighted by atomic mass is 16.5. The molecule has 1 rings (SSSR count). The van der Waals surface area contributed by atoms with Crippen LogP contribution in [-0.4, -0.2) is 23.1 Å². The fourth-order valence-corrected chi connectivity index (χ4v) is 5.41. The van der Waals surface area contributed by atoms with Crippen molar-refractivity contribution in [3.05, 3.63) is 0 Å². The van der Waals surface area contributed by atoms with E-state index in [-0.39, 0.29) is 12.1 Å². The number of carboxylic acid groups (broad SMARTS) is 1. The van der Waals surface area contributed by atoms with Crippen LogP contribution in [0.15, 0.2) is 0 Å². The summed E-state index contributed by atoms with van der Waals surface area (Å²) in [6, 6.07) is 0. The molecule has 1 N–H and O–H groups in total. The maximum absolute atomic E-state index is 12.9. The van der Waals surface area contributed by atoms with Gasteiger partial charge in [-0.05, 0) is 38.5 Å². The number of ether oxygens (including phenoxy) is 1. The van der Waals surface area contributed by atoms with E-state index in [0.29, 0.717) is 12.8 Å². The maximum atomic E-state index is 12.9. The number of unbranched alkanes of at least 4 members (excludes halogenated alkanes) is 15. The number of aliphatic carboxylic acids is 1. The Morgan fingerprint density at radius 3 is 1.44 bits per heavy atom. The highest BCUT2D eigenvalue weighted by molar-refractivity contribution is 5.81. The van der Waals surface area contributed by atoms with Crippen molar-refractivity contribution in [2.75, 3.05) is 0 Å². The Morgan fingerprint density at radius 1 is 0.647 bits per heavy atom. The molecule has 0 bridgehead atoms. The second kappa shape index (κ2) is 21.2. The minimum absolute atomic E-state index is 0.0337. The topological polar surface area (TPSA) is 63.6 Å². The fourth-order valence-electron chi connectivity index (χ4n) is 5.41. The molecule has 3 atom stereocenters. The molecule has 3 unspecified atom stereocenters. The second-order valence-corrected chi connectivity index (χ2v) is 10.8. The van der Waals surface area contributed by atoms with Crippen molar-refractivity contribution in [1.29, 1.82) is 0 Å². The third-order valence-corrected chi connectivity index (χ3v) is 7.68. The summed E-state index contributed by atoms with van der Waals surface area (Å²) in [5.41, 5.74) is 0. The predicted molar refractivity (Wildman–Crippen MR) is 142 cm³/mol. The van der Waals surface area contributed by atoms with Crippen molar-refractivity contribution >= 4 is 11.9 Å². The molecule has 0 aliphatic heterocycles. The predicted octanol–water partition coefficient (Wildman–Crippen LogP) is 9.24. The van der Waals surface area contributed by atoms with Gasteiger partial charge in [0.05, 0.1) is 11.8 Å². The molecule has 4 nitrogen and oxygen atoms in total. The van der Waals surface area contributed by atoms with E-state index >= 15 is 0 Å². The zero-order chi connectivity index (χ0) is 24.9. The van der Waals surface area contributed by atoms with Gasteiger partial charge in [0.15, 0.2) is 0 Å². The normalized spacial score (nSPS) is 19.1. The van der Waals surface area contributed by atoms with Gasteiger partial charge in [0.1, 0.15) is 6.10 Å². The SMILES string of the molecule is CCCCCCCCCCCCC(CCCCCCCCC)OC(=O)C1CCCCC1C(=O)O. The van der Waals surface area contributed by atoms with Crippen molar-refractivity contribution < 1.29 is 19.4 Å². The van der Waals surface area contributed by atoms with E-state index in [2.05, 4.69) is 13.8 Å². The Balaban J connectivity index is 2.37. The van der Waals surface area contributed by atoms with Gasteiger partial charge in [0.25, 0.3) is 0 Å². The van der Waals surface area contributed by atoms with E-state index in [1.165, 1.54) is 96.3 Å². The lowest BCUT2D eigenvalue weighted by Crippen LogP contribution is -2.35. The number of carboxylic acids is 1. The zero-order valence-corrected chi connectivity index (χ0v) is 22.7. The molecule has 0 aromatic heterocycles. The van der Waals surface area contributed by atoms with Crippen LogP contribution in [0.3, 0.4) is 0 Å². The van der Waals surface area contributed by atoms with Crippen LogP contribution in [0.4, 0.5) is 0 Å². The Morgan fingerprint density at radius 2 is 1.03 bits per heavy atom. The van der Waals surface area contributed by atoms with Gasteiger partial charge in [-0.2, -0.15) is 0 Å². The number of carbonyl (C=O) groups is 2. The van der Waals surface area contributed by atoms with Crippen LogP contribution in [0.25, 0.3) is 0 Å². The van der Waals surface area contributed by atoms with Crippen molar-refractivity contribution in [3.63, 3.8) is 0 Å². The summed E-state index contributed by atoms with van der Waals surface area (Å²) >= 11 is 0. The van der Waals surface area contributed by atoms with Gasteiger partial charge < -0.3 is 9.84 Å². The van der Waals surface area contributed by atoms with E-state index in [9.17, 15) is 14.7 Å². The van der Waals surface area contributed by atoms with E-state index in [1.807, 2.05) is 0 Å². The lowest BCUT2D eigenvalue weighted by atomic mass is 9.79. The summed E-state index contributed by atoms with van der Waals surface area (Å²) in [6.45, 7) is 4.51. The molecule has 1 aliphatic carbocycles. The molecule has 0 heterocycles. The molecule has 0 radical (unpaired) electrons. The van der Waals surface area contributed by atoms with Crippen LogP contribution in [0.1, 0.15) is 162 Å². The molecular formula is C30H56O4. The molecule has 0 amide bonds. The van der Waals surface area contributed by atoms with Crippen LogP contribution in [0.2, 0.25) is 0 Å². The molecule has 0 aromatic rings. The van der Waals surface area contributed by atoms with Crippen molar-refractivity contribution in [3.8, 4) is 0 Å². The molecule has 34 heavy (non-hydrogen) atoms. The first-order valence-electron chi connectivity index (χ1n) is 15.0. The number of esters is 1. The van der Waals surface area contributed by atoms with Crippen LogP contribution >= 0.6 is 0 Å². The van der Waals surface area contributed by atoms with Gasteiger partial charge in [-0.15, -0.1) is 0 Å². The minimum Gasteiger partial charge on any atom is -0.481 e. The molecule has 4 heteroatoms. The molecule has 0 saturated heterocycles. The van der Waals surface area contributed by atoms with E-state index in [1.54, 1.807) is 0 Å². The average Bonchev–Trinajstić information content (AvgIpc) is 2.84. The molecular weight excluding hydrogens is 424 g/mol. The van der Waals surface area contributed by atoms with Gasteiger partial charge in [0.2, 0.25) is 0 Å². The smallest absolute Gasteiger partial charge is 0.310 e. The monoisotopic (exact) mass is 480 g/mol. The fraction of sp³-hybridized carbons (Fsp3) is 0.933. The largest absolute Gasteiger partial charge is 0.481 e. The first kappa shape index (κ1) is 31.0. The molecule has 0 spiro atoms. The van der Waals surface area contributed by atoms with Crippen LogP contribution in [-0.2, 0) is 14.3 Å². The van der Waals surface area contributed by atoms with Gasteiger partial charge in [-0.25, -0.2) is 0 Å². The number of rotatable bonds is 22. The van der Waals surface area contributed by atoms with E-state index < -0.39 is 17.8 Å². The Kier molecular flexibility index (Phi) is 19.3. The average molecular weight is 481 g/mol. The summed E-state index contributed by atoms with van der Waals surface area (Å²) in [5.74, 6) is -2.08. The summed E-state index contributed by atoms with van der Waals surface area (Å²) in [6.07, 6.45) is 26.8. The van der Waals surface area contributed by atoms with E-state index in [4.69, 9.17) is 4.74 Å². The summed E-state index contributed by atoms with van der Waals surface area (Å²) in [5, 5.41) is 9.55. The second-order valence-electron chi connectivity index (χ2n) is 10.8. The number of carbonyl (C=O) groups excluding carboxylic acids is 1. The lowest BCUT2D eigenvalue weighted by molar-refractivity contribution is -0.164. The highest BCUT2D eigenvalue weighted by Crippen LogP contribution is 2.32. The Hall–Kier alpha value is -1.06. The summed E-state index contributed by atoms with van der Waals surface area (Å²) in [7, 11) is 0. The van der Waals surface area contributed by atoms with Crippen molar-refractivity contribution in [2.24, 2.45) is 11.8 Å². The quantitative estimate of drug-likeness (QED) is 0.124. The number of hydrogen-bond donors (Lipinski definition) is 1. The molecule has 0 aromatic carbocycles. The van der Waals surface area contributed by atoms with E-state index in [0.717, 1.165) is 38.5 Å². The van der Waals surface area contributed by atoms with Crippen LogP contribution < -0.4 is 0 Å². The summed E-state index contributed by atoms with van der Waals surface area (Å²) < 4.78 is 6.00. The first-order valence-corrected chi connectivity index (χ1v) is 15.0. The highest BCUT2D eigenvalue weighted by Gasteiger charge is 2.37. The van der Waals surface area contributed by atoms with Gasteiger partial charge in [-0.3, -0.25) is 9.59 Å². The van der Waals surface area contributed by atoms with Gasteiger partial charge >= 0.3 is 11.9 Å². The van der Waals surface area contributed by atoms with Crippen molar-refractivity contribution in [1.82, 2.24) is 0 Å². The van der Waals surface area contributed by atoms with Crippen molar-refractivity contribution in [2.45, 2.75) is 168 Å².